The normalized spacial score (nSPS) is 21.1. The highest BCUT2D eigenvalue weighted by Crippen LogP contribution is 2.32. The maximum atomic E-state index is 10.4. The van der Waals surface area contributed by atoms with Crippen LogP contribution in [0.1, 0.15) is 39.0 Å². The monoisotopic (exact) mass is 270 g/mol. The summed E-state index contributed by atoms with van der Waals surface area (Å²) in [6.45, 7) is 4.88. The Morgan fingerprint density at radius 3 is 1.89 bits per heavy atom. The first-order chi connectivity index (χ1) is 9.22. The van der Waals surface area contributed by atoms with E-state index in [0.717, 1.165) is 32.5 Å². The maximum absolute atomic E-state index is 10.4. The average molecular weight is 270 g/mol. The van der Waals surface area contributed by atoms with Gasteiger partial charge in [0.25, 0.3) is 0 Å². The average Bonchev–Trinajstić information content (AvgIpc) is 2.51. The Labute approximate surface area is 116 Å². The van der Waals surface area contributed by atoms with Crippen LogP contribution in [0.15, 0.2) is 0 Å². The molecule has 0 atom stereocenters. The van der Waals surface area contributed by atoms with Crippen molar-refractivity contribution < 1.29 is 14.3 Å². The van der Waals surface area contributed by atoms with Gasteiger partial charge in [-0.3, -0.25) is 4.79 Å². The summed E-state index contributed by atoms with van der Waals surface area (Å²) < 4.78 is 10.1. The zero-order chi connectivity index (χ0) is 14.6. The molecule has 2 N–H and O–H groups in total. The Bertz CT molecular complexity index is 273. The van der Waals surface area contributed by atoms with Gasteiger partial charge in [-0.25, -0.2) is 0 Å². The van der Waals surface area contributed by atoms with Gasteiger partial charge in [0.05, 0.1) is 24.7 Å². The molecule has 0 aromatic carbocycles. The van der Waals surface area contributed by atoms with E-state index < -0.39 is 0 Å². The summed E-state index contributed by atoms with van der Waals surface area (Å²) in [7, 11) is 1.50. The topological polar surface area (TPSA) is 85.3 Å². The van der Waals surface area contributed by atoms with Crippen molar-refractivity contribution in [1.29, 1.82) is 5.26 Å². The molecule has 5 heteroatoms. The molecule has 0 unspecified atom stereocenters. The first kappa shape index (κ1) is 18.0. The van der Waals surface area contributed by atoms with Crippen LogP contribution in [-0.4, -0.2) is 39.3 Å². The quantitative estimate of drug-likeness (QED) is 0.783. The molecule has 19 heavy (non-hydrogen) atoms. The molecule has 0 aromatic heterocycles. The Hall–Kier alpha value is -0.960. The molecule has 2 rings (SSSR count). The molecule has 5 nitrogen and oxygen atoms in total. The number of Topliss-reactive ketones (excluding diaryl/α,β-unsaturated/α-hetero) is 1. The fourth-order valence-corrected chi connectivity index (χ4v) is 1.91. The van der Waals surface area contributed by atoms with Crippen LogP contribution in [0.5, 0.6) is 0 Å². The lowest BCUT2D eigenvalue weighted by Gasteiger charge is -2.28. The standard InChI is InChI=1S/C8H13NO.C5H8O2.CH5N/c1-2-8(7-9)3-5-10-6-4-8;6-5-1-3-7-4-2-5;1-2/h2-6H2,1H3;1-4H2;2H2,1H3. The van der Waals surface area contributed by atoms with Crippen LogP contribution < -0.4 is 5.73 Å². The minimum atomic E-state index is -0.0573. The first-order valence-electron chi connectivity index (χ1n) is 6.88. The number of nitrogens with two attached hydrogens (primary N) is 1. The molecule has 0 amide bonds. The fourth-order valence-electron chi connectivity index (χ4n) is 1.91. The Morgan fingerprint density at radius 1 is 1.16 bits per heavy atom. The number of ketones is 1. The van der Waals surface area contributed by atoms with Crippen molar-refractivity contribution in [3.05, 3.63) is 0 Å². The largest absolute Gasteiger partial charge is 0.381 e. The lowest BCUT2D eigenvalue weighted by Crippen LogP contribution is -2.27. The van der Waals surface area contributed by atoms with Crippen molar-refractivity contribution in [2.75, 3.05) is 33.5 Å². The Balaban J connectivity index is 0.000000316. The van der Waals surface area contributed by atoms with Gasteiger partial charge >= 0.3 is 0 Å². The van der Waals surface area contributed by atoms with Crippen LogP contribution in [0.2, 0.25) is 0 Å². The number of hydrogen-bond donors (Lipinski definition) is 1. The van der Waals surface area contributed by atoms with Crippen molar-refractivity contribution in [2.45, 2.75) is 39.0 Å². The number of ether oxygens (including phenoxy) is 2. The van der Waals surface area contributed by atoms with E-state index >= 15 is 0 Å². The van der Waals surface area contributed by atoms with Gasteiger partial charge in [-0.05, 0) is 26.3 Å². The molecular weight excluding hydrogens is 244 g/mol. The van der Waals surface area contributed by atoms with Crippen LogP contribution in [0.4, 0.5) is 0 Å². The van der Waals surface area contributed by atoms with Gasteiger partial charge in [-0.1, -0.05) is 6.92 Å². The van der Waals surface area contributed by atoms with Crippen molar-refractivity contribution in [1.82, 2.24) is 0 Å². The molecule has 2 heterocycles. The number of carbonyl (C=O) groups excluding carboxylic acids is 1. The summed E-state index contributed by atoms with van der Waals surface area (Å²) >= 11 is 0. The van der Waals surface area contributed by atoms with E-state index in [4.69, 9.17) is 14.7 Å². The zero-order valence-electron chi connectivity index (χ0n) is 12.1. The van der Waals surface area contributed by atoms with E-state index in [9.17, 15) is 4.79 Å². The highest BCUT2D eigenvalue weighted by atomic mass is 16.5. The van der Waals surface area contributed by atoms with E-state index in [1.165, 1.54) is 7.05 Å². The third-order valence-corrected chi connectivity index (χ3v) is 3.41. The molecule has 2 aliphatic rings. The SMILES string of the molecule is CCC1(C#N)CCOCC1.CN.O=C1CCOCC1. The third kappa shape index (κ3) is 7.26. The molecule has 2 aliphatic heterocycles. The Morgan fingerprint density at radius 2 is 1.63 bits per heavy atom. The molecule has 0 saturated carbocycles. The summed E-state index contributed by atoms with van der Waals surface area (Å²) in [4.78, 5) is 10.4. The molecule has 110 valence electrons. The van der Waals surface area contributed by atoms with E-state index in [1.54, 1.807) is 0 Å². The van der Waals surface area contributed by atoms with Crippen molar-refractivity contribution in [2.24, 2.45) is 11.1 Å². The molecule has 2 fully saturated rings. The summed E-state index contributed by atoms with van der Waals surface area (Å²) in [5, 5.41) is 8.84. The summed E-state index contributed by atoms with van der Waals surface area (Å²) in [6, 6.07) is 2.39. The molecule has 0 bridgehead atoms. The third-order valence-electron chi connectivity index (χ3n) is 3.41. The van der Waals surface area contributed by atoms with Crippen LogP contribution in [0, 0.1) is 16.7 Å². The predicted molar refractivity (Wildman–Crippen MR) is 73.6 cm³/mol. The second-order valence-corrected chi connectivity index (χ2v) is 4.51. The van der Waals surface area contributed by atoms with E-state index in [-0.39, 0.29) is 5.41 Å². The van der Waals surface area contributed by atoms with E-state index in [2.05, 4.69) is 18.7 Å². The van der Waals surface area contributed by atoms with Crippen LogP contribution >= 0.6 is 0 Å². The zero-order valence-corrected chi connectivity index (χ0v) is 12.1. The summed E-state index contributed by atoms with van der Waals surface area (Å²) in [5.41, 5.74) is 4.44. The number of nitrogens with zero attached hydrogens (tertiary/aromatic N) is 1. The molecular formula is C14H26N2O3. The lowest BCUT2D eigenvalue weighted by atomic mass is 9.79. The van der Waals surface area contributed by atoms with Gasteiger partial charge < -0.3 is 15.2 Å². The number of carbonyl (C=O) groups is 1. The highest BCUT2D eigenvalue weighted by Gasteiger charge is 2.30. The van der Waals surface area contributed by atoms with Gasteiger partial charge in [0.15, 0.2) is 0 Å². The fraction of sp³-hybridized carbons (Fsp3) is 0.857. The minimum Gasteiger partial charge on any atom is -0.381 e. The van der Waals surface area contributed by atoms with E-state index in [0.29, 0.717) is 31.8 Å². The van der Waals surface area contributed by atoms with E-state index in [1.807, 2.05) is 0 Å². The van der Waals surface area contributed by atoms with Crippen molar-refractivity contribution >= 4 is 5.78 Å². The van der Waals surface area contributed by atoms with Crippen molar-refractivity contribution in [3.63, 3.8) is 0 Å². The predicted octanol–water partition coefficient (Wildman–Crippen LogP) is 1.66. The molecule has 0 radical (unpaired) electrons. The smallest absolute Gasteiger partial charge is 0.137 e. The van der Waals surface area contributed by atoms with Crippen LogP contribution in [0.3, 0.4) is 0 Å². The number of nitriles is 1. The minimum absolute atomic E-state index is 0.0573. The van der Waals surface area contributed by atoms with Gasteiger partial charge in [0.1, 0.15) is 5.78 Å². The van der Waals surface area contributed by atoms with Gasteiger partial charge in [0, 0.05) is 26.1 Å². The number of rotatable bonds is 1. The molecule has 0 aliphatic carbocycles. The van der Waals surface area contributed by atoms with Crippen molar-refractivity contribution in [3.8, 4) is 6.07 Å². The van der Waals surface area contributed by atoms with Crippen LogP contribution in [-0.2, 0) is 14.3 Å². The second kappa shape index (κ2) is 10.9. The van der Waals surface area contributed by atoms with Crippen LogP contribution in [0.25, 0.3) is 0 Å². The van der Waals surface area contributed by atoms with Gasteiger partial charge in [-0.15, -0.1) is 0 Å². The maximum Gasteiger partial charge on any atom is 0.137 e. The first-order valence-corrected chi connectivity index (χ1v) is 6.88. The molecule has 0 spiro atoms. The number of hydrogen-bond acceptors (Lipinski definition) is 5. The molecule has 0 aromatic rings. The second-order valence-electron chi connectivity index (χ2n) is 4.51. The van der Waals surface area contributed by atoms with Gasteiger partial charge in [-0.2, -0.15) is 5.26 Å². The Kier molecular flexibility index (Phi) is 10.4. The lowest BCUT2D eigenvalue weighted by molar-refractivity contribution is -0.124. The van der Waals surface area contributed by atoms with Gasteiger partial charge in [0.2, 0.25) is 0 Å². The summed E-state index contributed by atoms with van der Waals surface area (Å²) in [6.07, 6.45) is 4.05. The summed E-state index contributed by atoms with van der Waals surface area (Å²) in [5.74, 6) is 0.339. The highest BCUT2D eigenvalue weighted by molar-refractivity contribution is 5.78. The molecule has 2 saturated heterocycles.